The number of rotatable bonds is 7. The van der Waals surface area contributed by atoms with Gasteiger partial charge in [-0.25, -0.2) is 0 Å². The zero-order valence-electron chi connectivity index (χ0n) is 17.6. The predicted molar refractivity (Wildman–Crippen MR) is 113 cm³/mol. The SMILES string of the molecule is CCCc1[nH]nc(NCC2CCC(NC(=O)c3cc(C)cnc3C)CC2)c1C. The monoisotopic (exact) mass is 383 g/mol. The molecule has 0 aromatic carbocycles. The molecular weight excluding hydrogens is 350 g/mol. The van der Waals surface area contributed by atoms with Crippen LogP contribution in [0.15, 0.2) is 12.3 Å². The third-order valence-corrected chi connectivity index (χ3v) is 5.82. The van der Waals surface area contributed by atoms with Crippen molar-refractivity contribution in [2.75, 3.05) is 11.9 Å². The fourth-order valence-electron chi connectivity index (χ4n) is 3.98. The number of aromatic amines is 1. The van der Waals surface area contributed by atoms with Crippen LogP contribution in [0.2, 0.25) is 0 Å². The molecule has 1 amide bonds. The van der Waals surface area contributed by atoms with Gasteiger partial charge in [-0.1, -0.05) is 13.3 Å². The van der Waals surface area contributed by atoms with Gasteiger partial charge in [0.25, 0.3) is 5.91 Å². The van der Waals surface area contributed by atoms with Crippen molar-refractivity contribution in [3.8, 4) is 0 Å². The maximum Gasteiger partial charge on any atom is 0.253 e. The van der Waals surface area contributed by atoms with Crippen molar-refractivity contribution in [3.63, 3.8) is 0 Å². The molecule has 6 heteroatoms. The predicted octanol–water partition coefficient (Wildman–Crippen LogP) is 4.08. The van der Waals surface area contributed by atoms with E-state index >= 15 is 0 Å². The van der Waals surface area contributed by atoms with Crippen molar-refractivity contribution < 1.29 is 4.79 Å². The van der Waals surface area contributed by atoms with Crippen LogP contribution < -0.4 is 10.6 Å². The number of nitrogens with one attached hydrogen (secondary N) is 3. The first kappa shape index (κ1) is 20.4. The molecule has 3 rings (SSSR count). The number of H-pyrrole nitrogens is 1. The van der Waals surface area contributed by atoms with E-state index in [2.05, 4.69) is 39.7 Å². The quantitative estimate of drug-likeness (QED) is 0.673. The van der Waals surface area contributed by atoms with Crippen LogP contribution >= 0.6 is 0 Å². The van der Waals surface area contributed by atoms with Gasteiger partial charge < -0.3 is 10.6 Å². The second kappa shape index (κ2) is 9.22. The van der Waals surface area contributed by atoms with Crippen LogP contribution in [-0.2, 0) is 6.42 Å². The van der Waals surface area contributed by atoms with E-state index in [-0.39, 0.29) is 11.9 Å². The Morgan fingerprint density at radius 2 is 1.96 bits per heavy atom. The largest absolute Gasteiger partial charge is 0.368 e. The summed E-state index contributed by atoms with van der Waals surface area (Å²) in [6.45, 7) is 9.11. The van der Waals surface area contributed by atoms with E-state index in [1.807, 2.05) is 19.9 Å². The van der Waals surface area contributed by atoms with Gasteiger partial charge in [0.15, 0.2) is 5.82 Å². The van der Waals surface area contributed by atoms with Crippen LogP contribution in [0, 0.1) is 26.7 Å². The molecule has 152 valence electrons. The number of anilines is 1. The van der Waals surface area contributed by atoms with Gasteiger partial charge in [0.05, 0.1) is 5.56 Å². The molecule has 28 heavy (non-hydrogen) atoms. The summed E-state index contributed by atoms with van der Waals surface area (Å²) in [4.78, 5) is 16.9. The maximum absolute atomic E-state index is 12.6. The van der Waals surface area contributed by atoms with Crippen LogP contribution in [0.3, 0.4) is 0 Å². The number of hydrogen-bond acceptors (Lipinski definition) is 4. The van der Waals surface area contributed by atoms with E-state index in [1.165, 1.54) is 11.3 Å². The maximum atomic E-state index is 12.6. The van der Waals surface area contributed by atoms with Crippen LogP contribution in [0.25, 0.3) is 0 Å². The average Bonchev–Trinajstić information content (AvgIpc) is 3.03. The van der Waals surface area contributed by atoms with Gasteiger partial charge in [-0.05, 0) is 70.4 Å². The summed E-state index contributed by atoms with van der Waals surface area (Å²) in [5, 5.41) is 14.3. The molecular formula is C22H33N5O. The van der Waals surface area contributed by atoms with Crippen LogP contribution in [0.1, 0.15) is 71.9 Å². The molecule has 2 heterocycles. The summed E-state index contributed by atoms with van der Waals surface area (Å²) in [6.07, 6.45) is 8.25. The Morgan fingerprint density at radius 3 is 2.68 bits per heavy atom. The second-order valence-electron chi connectivity index (χ2n) is 8.14. The lowest BCUT2D eigenvalue weighted by atomic mass is 9.86. The topological polar surface area (TPSA) is 82.7 Å². The van der Waals surface area contributed by atoms with Gasteiger partial charge in [-0.2, -0.15) is 5.10 Å². The minimum atomic E-state index is 0.00544. The van der Waals surface area contributed by atoms with Crippen LogP contribution in [-0.4, -0.2) is 33.7 Å². The molecule has 2 aromatic heterocycles. The Labute approximate surface area is 167 Å². The second-order valence-corrected chi connectivity index (χ2v) is 8.14. The zero-order chi connectivity index (χ0) is 20.1. The lowest BCUT2D eigenvalue weighted by molar-refractivity contribution is 0.0921. The normalized spacial score (nSPS) is 19.4. The number of carbonyl (C=O) groups excluding carboxylic acids is 1. The summed E-state index contributed by atoms with van der Waals surface area (Å²) in [6, 6.07) is 2.18. The highest BCUT2D eigenvalue weighted by Gasteiger charge is 2.24. The number of pyridine rings is 1. The first-order valence-corrected chi connectivity index (χ1v) is 10.5. The minimum absolute atomic E-state index is 0.00544. The van der Waals surface area contributed by atoms with E-state index in [0.29, 0.717) is 11.5 Å². The van der Waals surface area contributed by atoms with Gasteiger partial charge >= 0.3 is 0 Å². The molecule has 6 nitrogen and oxygen atoms in total. The van der Waals surface area contributed by atoms with Gasteiger partial charge in [0, 0.05) is 35.7 Å². The van der Waals surface area contributed by atoms with E-state index in [4.69, 9.17) is 0 Å². The number of nitrogens with zero attached hydrogens (tertiary/aromatic N) is 2. The smallest absolute Gasteiger partial charge is 0.253 e. The third-order valence-electron chi connectivity index (χ3n) is 5.82. The zero-order valence-corrected chi connectivity index (χ0v) is 17.6. The summed E-state index contributed by atoms with van der Waals surface area (Å²) in [7, 11) is 0. The van der Waals surface area contributed by atoms with Crippen molar-refractivity contribution >= 4 is 11.7 Å². The first-order chi connectivity index (χ1) is 13.5. The summed E-state index contributed by atoms with van der Waals surface area (Å²) < 4.78 is 0. The Morgan fingerprint density at radius 1 is 1.21 bits per heavy atom. The number of aryl methyl sites for hydroxylation is 3. The van der Waals surface area contributed by atoms with Crippen molar-refractivity contribution in [1.82, 2.24) is 20.5 Å². The summed E-state index contributed by atoms with van der Waals surface area (Å²) in [5.41, 5.74) is 4.97. The standard InChI is InChI=1S/C22H33N5O/c1-5-6-20-15(3)21(27-26-20)24-13-17-7-9-18(10-8-17)25-22(28)19-11-14(2)12-23-16(19)4/h11-12,17-18H,5-10,13H2,1-4H3,(H,25,28)(H2,24,26,27). The van der Waals surface area contributed by atoms with Crippen molar-refractivity contribution in [2.45, 2.75) is 72.3 Å². The molecule has 0 aliphatic heterocycles. The molecule has 1 aliphatic rings. The molecule has 2 aromatic rings. The Kier molecular flexibility index (Phi) is 6.70. The highest BCUT2D eigenvalue weighted by molar-refractivity contribution is 5.95. The van der Waals surface area contributed by atoms with Crippen LogP contribution in [0.4, 0.5) is 5.82 Å². The Hall–Kier alpha value is -2.37. The van der Waals surface area contributed by atoms with Crippen molar-refractivity contribution in [3.05, 3.63) is 40.3 Å². The first-order valence-electron chi connectivity index (χ1n) is 10.5. The lowest BCUT2D eigenvalue weighted by Gasteiger charge is -2.29. The molecule has 0 bridgehead atoms. The molecule has 3 N–H and O–H groups in total. The van der Waals surface area contributed by atoms with Gasteiger partial charge in [0.1, 0.15) is 0 Å². The van der Waals surface area contributed by atoms with Gasteiger partial charge in [0.2, 0.25) is 0 Å². The Bertz CT molecular complexity index is 805. The van der Waals surface area contributed by atoms with E-state index < -0.39 is 0 Å². The number of amides is 1. The molecule has 0 radical (unpaired) electrons. The minimum Gasteiger partial charge on any atom is -0.368 e. The van der Waals surface area contributed by atoms with Crippen molar-refractivity contribution in [2.24, 2.45) is 5.92 Å². The molecule has 0 spiro atoms. The summed E-state index contributed by atoms with van der Waals surface area (Å²) in [5.74, 6) is 1.62. The average molecular weight is 384 g/mol. The number of carbonyl (C=O) groups is 1. The molecule has 1 aliphatic carbocycles. The number of hydrogen-bond donors (Lipinski definition) is 3. The van der Waals surface area contributed by atoms with E-state index in [1.54, 1.807) is 6.20 Å². The third kappa shape index (κ3) is 4.91. The van der Waals surface area contributed by atoms with Gasteiger partial charge in [-0.3, -0.25) is 14.9 Å². The summed E-state index contributed by atoms with van der Waals surface area (Å²) >= 11 is 0. The molecule has 0 atom stereocenters. The molecule has 1 fully saturated rings. The van der Waals surface area contributed by atoms with E-state index in [0.717, 1.165) is 62.1 Å². The lowest BCUT2D eigenvalue weighted by Crippen LogP contribution is -2.38. The van der Waals surface area contributed by atoms with Crippen LogP contribution in [0.5, 0.6) is 0 Å². The highest BCUT2D eigenvalue weighted by atomic mass is 16.1. The molecule has 0 saturated heterocycles. The van der Waals surface area contributed by atoms with Crippen molar-refractivity contribution in [1.29, 1.82) is 0 Å². The molecule has 0 unspecified atom stereocenters. The fourth-order valence-corrected chi connectivity index (χ4v) is 3.98. The van der Waals surface area contributed by atoms with E-state index in [9.17, 15) is 4.79 Å². The highest BCUT2D eigenvalue weighted by Crippen LogP contribution is 2.26. The number of aromatic nitrogens is 3. The Balaban J connectivity index is 1.45. The van der Waals surface area contributed by atoms with Gasteiger partial charge in [-0.15, -0.1) is 0 Å². The molecule has 1 saturated carbocycles. The fraction of sp³-hybridized carbons (Fsp3) is 0.591.